The molecule has 1 aliphatic rings. The van der Waals surface area contributed by atoms with Gasteiger partial charge in [0.25, 0.3) is 5.91 Å². The summed E-state index contributed by atoms with van der Waals surface area (Å²) in [5, 5.41) is 2.92. The Morgan fingerprint density at radius 3 is 2.59 bits per heavy atom. The van der Waals surface area contributed by atoms with Crippen LogP contribution in [0.15, 0.2) is 48.5 Å². The van der Waals surface area contributed by atoms with Crippen LogP contribution in [0.5, 0.6) is 5.75 Å². The summed E-state index contributed by atoms with van der Waals surface area (Å²) in [5.74, 6) is 0.797. The Hall–Kier alpha value is -2.82. The number of hydrogen-bond acceptors (Lipinski definition) is 3. The molecule has 1 heterocycles. The number of piperidine rings is 1. The van der Waals surface area contributed by atoms with Crippen molar-refractivity contribution in [1.29, 1.82) is 0 Å². The monoisotopic (exact) mass is 394 g/mol. The number of unbranched alkanes of at least 4 members (excludes halogenated alkanes) is 1. The zero-order valence-corrected chi connectivity index (χ0v) is 17.2. The Kier molecular flexibility index (Phi) is 7.68. The summed E-state index contributed by atoms with van der Waals surface area (Å²) in [7, 11) is 0. The van der Waals surface area contributed by atoms with Crippen LogP contribution in [0.3, 0.4) is 0 Å². The summed E-state index contributed by atoms with van der Waals surface area (Å²) in [6, 6.07) is 15.2. The minimum atomic E-state index is -0.0700. The van der Waals surface area contributed by atoms with Crippen LogP contribution in [0, 0.1) is 6.92 Å². The SMILES string of the molecule is Cc1cccc(OCCCCC(=O)Nc2ccccc2C(=O)N2CCCCC2)c1. The predicted molar refractivity (Wildman–Crippen MR) is 115 cm³/mol. The zero-order valence-electron chi connectivity index (χ0n) is 17.2. The van der Waals surface area contributed by atoms with Crippen molar-refractivity contribution in [3.8, 4) is 5.75 Å². The number of hydrogen-bond donors (Lipinski definition) is 1. The van der Waals surface area contributed by atoms with Crippen LogP contribution in [0.25, 0.3) is 0 Å². The lowest BCUT2D eigenvalue weighted by molar-refractivity contribution is -0.116. The van der Waals surface area contributed by atoms with Crippen LogP contribution in [-0.4, -0.2) is 36.4 Å². The quantitative estimate of drug-likeness (QED) is 0.654. The molecule has 3 rings (SSSR count). The summed E-state index contributed by atoms with van der Waals surface area (Å²) in [5.41, 5.74) is 2.34. The van der Waals surface area contributed by atoms with Crippen molar-refractivity contribution >= 4 is 17.5 Å². The molecule has 2 amide bonds. The van der Waals surface area contributed by atoms with Crippen molar-refractivity contribution in [2.45, 2.75) is 45.4 Å². The first kappa shape index (κ1) is 20.9. The van der Waals surface area contributed by atoms with Crippen LogP contribution in [0.1, 0.15) is 54.4 Å². The van der Waals surface area contributed by atoms with Crippen molar-refractivity contribution in [1.82, 2.24) is 4.90 Å². The normalized spacial score (nSPS) is 13.8. The Labute approximate surface area is 173 Å². The molecule has 0 saturated carbocycles. The van der Waals surface area contributed by atoms with E-state index in [1.54, 1.807) is 12.1 Å². The largest absolute Gasteiger partial charge is 0.494 e. The van der Waals surface area contributed by atoms with E-state index in [0.29, 0.717) is 24.3 Å². The van der Waals surface area contributed by atoms with Crippen molar-refractivity contribution in [3.05, 3.63) is 59.7 Å². The van der Waals surface area contributed by atoms with Gasteiger partial charge in [-0.2, -0.15) is 0 Å². The van der Waals surface area contributed by atoms with E-state index in [2.05, 4.69) is 5.32 Å². The number of anilines is 1. The maximum absolute atomic E-state index is 12.8. The number of nitrogens with one attached hydrogen (secondary N) is 1. The average molecular weight is 395 g/mol. The van der Waals surface area contributed by atoms with E-state index in [1.165, 1.54) is 12.0 Å². The van der Waals surface area contributed by atoms with Crippen molar-refractivity contribution in [3.63, 3.8) is 0 Å². The molecule has 0 unspecified atom stereocenters. The number of likely N-dealkylation sites (tertiary alicyclic amines) is 1. The van der Waals surface area contributed by atoms with E-state index < -0.39 is 0 Å². The number of carbonyl (C=O) groups is 2. The lowest BCUT2D eigenvalue weighted by Gasteiger charge is -2.27. The molecule has 2 aromatic rings. The number of carbonyl (C=O) groups excluding carboxylic acids is 2. The van der Waals surface area contributed by atoms with Gasteiger partial charge in [-0.25, -0.2) is 0 Å². The summed E-state index contributed by atoms with van der Waals surface area (Å²) in [6.45, 7) is 4.20. The molecule has 29 heavy (non-hydrogen) atoms. The fraction of sp³-hybridized carbons (Fsp3) is 0.417. The average Bonchev–Trinajstić information content (AvgIpc) is 2.74. The second kappa shape index (κ2) is 10.6. The topological polar surface area (TPSA) is 58.6 Å². The fourth-order valence-corrected chi connectivity index (χ4v) is 3.54. The van der Waals surface area contributed by atoms with Crippen LogP contribution in [-0.2, 0) is 4.79 Å². The highest BCUT2D eigenvalue weighted by molar-refractivity contribution is 6.03. The van der Waals surface area contributed by atoms with Crippen LogP contribution in [0.4, 0.5) is 5.69 Å². The molecule has 1 aliphatic heterocycles. The third kappa shape index (κ3) is 6.34. The smallest absolute Gasteiger partial charge is 0.255 e. The first-order valence-corrected chi connectivity index (χ1v) is 10.5. The Balaban J connectivity index is 1.45. The first-order chi connectivity index (χ1) is 14.1. The number of amides is 2. The molecule has 0 aliphatic carbocycles. The molecule has 1 saturated heterocycles. The third-order valence-corrected chi connectivity index (χ3v) is 5.13. The van der Waals surface area contributed by atoms with Crippen LogP contribution >= 0.6 is 0 Å². The number of para-hydroxylation sites is 1. The van der Waals surface area contributed by atoms with E-state index in [4.69, 9.17) is 4.74 Å². The number of benzene rings is 2. The lowest BCUT2D eigenvalue weighted by atomic mass is 10.1. The summed E-state index contributed by atoms with van der Waals surface area (Å²) < 4.78 is 5.72. The molecule has 0 aromatic heterocycles. The maximum Gasteiger partial charge on any atom is 0.255 e. The highest BCUT2D eigenvalue weighted by Crippen LogP contribution is 2.20. The molecule has 5 heteroatoms. The van der Waals surface area contributed by atoms with Gasteiger partial charge in [0, 0.05) is 19.5 Å². The molecular formula is C24H30N2O3. The number of aryl methyl sites for hydroxylation is 1. The molecule has 1 fully saturated rings. The number of rotatable bonds is 8. The van der Waals surface area contributed by atoms with E-state index in [1.807, 2.05) is 48.2 Å². The summed E-state index contributed by atoms with van der Waals surface area (Å²) >= 11 is 0. The fourth-order valence-electron chi connectivity index (χ4n) is 3.54. The standard InChI is InChI=1S/C24H30N2O3/c1-19-10-9-11-20(18-19)29-17-8-5-14-23(27)25-22-13-4-3-12-21(22)24(28)26-15-6-2-7-16-26/h3-4,9-13,18H,2,5-8,14-17H2,1H3,(H,25,27). The van der Waals surface area contributed by atoms with Gasteiger partial charge in [0.05, 0.1) is 17.9 Å². The second-order valence-corrected chi connectivity index (χ2v) is 7.57. The Morgan fingerprint density at radius 2 is 1.79 bits per heavy atom. The lowest BCUT2D eigenvalue weighted by Crippen LogP contribution is -2.36. The molecule has 0 spiro atoms. The second-order valence-electron chi connectivity index (χ2n) is 7.57. The van der Waals surface area contributed by atoms with E-state index in [0.717, 1.165) is 44.5 Å². The summed E-state index contributed by atoms with van der Waals surface area (Å²) in [4.78, 5) is 27.1. The molecule has 154 valence electrons. The van der Waals surface area contributed by atoms with Gasteiger partial charge in [-0.05, 0) is 68.9 Å². The third-order valence-electron chi connectivity index (χ3n) is 5.13. The number of ether oxygens (including phenoxy) is 1. The van der Waals surface area contributed by atoms with Gasteiger partial charge >= 0.3 is 0 Å². The van der Waals surface area contributed by atoms with Crippen molar-refractivity contribution in [2.75, 3.05) is 25.0 Å². The maximum atomic E-state index is 12.8. The molecule has 1 N–H and O–H groups in total. The Bertz CT molecular complexity index is 828. The zero-order chi connectivity index (χ0) is 20.5. The van der Waals surface area contributed by atoms with Crippen molar-refractivity contribution in [2.24, 2.45) is 0 Å². The molecule has 0 atom stereocenters. The van der Waals surface area contributed by atoms with Crippen LogP contribution in [0.2, 0.25) is 0 Å². The van der Waals surface area contributed by atoms with Crippen LogP contribution < -0.4 is 10.1 Å². The van der Waals surface area contributed by atoms with Gasteiger partial charge in [0.2, 0.25) is 5.91 Å². The van der Waals surface area contributed by atoms with Crippen molar-refractivity contribution < 1.29 is 14.3 Å². The van der Waals surface area contributed by atoms with Gasteiger partial charge in [-0.3, -0.25) is 9.59 Å². The first-order valence-electron chi connectivity index (χ1n) is 10.5. The van der Waals surface area contributed by atoms with E-state index in [-0.39, 0.29) is 11.8 Å². The highest BCUT2D eigenvalue weighted by atomic mass is 16.5. The predicted octanol–water partition coefficient (Wildman–Crippen LogP) is 4.81. The van der Waals surface area contributed by atoms with E-state index in [9.17, 15) is 9.59 Å². The van der Waals surface area contributed by atoms with E-state index >= 15 is 0 Å². The Morgan fingerprint density at radius 1 is 1.00 bits per heavy atom. The minimum Gasteiger partial charge on any atom is -0.494 e. The van der Waals surface area contributed by atoms with Gasteiger partial charge in [0.15, 0.2) is 0 Å². The van der Waals surface area contributed by atoms with Gasteiger partial charge < -0.3 is 15.0 Å². The molecular weight excluding hydrogens is 364 g/mol. The van der Waals surface area contributed by atoms with Gasteiger partial charge in [-0.15, -0.1) is 0 Å². The highest BCUT2D eigenvalue weighted by Gasteiger charge is 2.21. The number of nitrogens with zero attached hydrogens (tertiary/aromatic N) is 1. The molecule has 2 aromatic carbocycles. The molecule has 0 bridgehead atoms. The molecule has 0 radical (unpaired) electrons. The molecule has 5 nitrogen and oxygen atoms in total. The minimum absolute atomic E-state index is 0.00662. The van der Waals surface area contributed by atoms with Gasteiger partial charge in [0.1, 0.15) is 5.75 Å². The summed E-state index contributed by atoms with van der Waals surface area (Å²) in [6.07, 6.45) is 5.21. The van der Waals surface area contributed by atoms with Gasteiger partial charge in [-0.1, -0.05) is 24.3 Å².